The number of methoxy groups -OCH3 is 1. The maximum atomic E-state index is 13.5. The van der Waals surface area contributed by atoms with Crippen molar-refractivity contribution in [2.45, 2.75) is 25.3 Å². The van der Waals surface area contributed by atoms with Gasteiger partial charge in [0.1, 0.15) is 5.75 Å². The molecule has 0 saturated carbocycles. The molecule has 192 valence electrons. The van der Waals surface area contributed by atoms with Crippen molar-refractivity contribution in [2.75, 3.05) is 7.11 Å². The molecule has 2 aromatic carbocycles. The number of benzene rings is 2. The number of ether oxygens (including phenoxy) is 1. The summed E-state index contributed by atoms with van der Waals surface area (Å²) in [5, 5.41) is 15.6. The number of amides is 2. The van der Waals surface area contributed by atoms with E-state index in [9.17, 15) is 14.4 Å². The number of hydrogen-bond acceptors (Lipinski definition) is 5. The number of carbonyl (C=O) groups is 3. The van der Waals surface area contributed by atoms with Gasteiger partial charge in [-0.25, -0.2) is 10.0 Å². The lowest BCUT2D eigenvalue weighted by Crippen LogP contribution is -2.27. The van der Waals surface area contributed by atoms with Crippen molar-refractivity contribution in [1.29, 1.82) is 0 Å². The molecule has 0 aromatic heterocycles. The molecule has 9 heteroatoms. The third-order valence-electron chi connectivity index (χ3n) is 6.68. The van der Waals surface area contributed by atoms with Crippen molar-refractivity contribution in [3.63, 3.8) is 0 Å². The third kappa shape index (κ3) is 4.95. The molecule has 5 rings (SSSR count). The van der Waals surface area contributed by atoms with Gasteiger partial charge in [-0.15, -0.1) is 0 Å². The predicted molar refractivity (Wildman–Crippen MR) is 144 cm³/mol. The Labute approximate surface area is 224 Å². The molecule has 2 aliphatic heterocycles. The fourth-order valence-electron chi connectivity index (χ4n) is 4.88. The molecule has 1 N–H and O–H groups in total. The van der Waals surface area contributed by atoms with Crippen molar-refractivity contribution in [3.8, 4) is 5.75 Å². The zero-order valence-electron chi connectivity index (χ0n) is 20.5. The first-order valence-corrected chi connectivity index (χ1v) is 12.5. The van der Waals surface area contributed by atoms with Gasteiger partial charge in [0.05, 0.1) is 36.6 Å². The zero-order valence-corrected chi connectivity index (χ0v) is 21.3. The minimum Gasteiger partial charge on any atom is -0.497 e. The Bertz CT molecular complexity index is 1450. The van der Waals surface area contributed by atoms with Crippen LogP contribution in [0.1, 0.15) is 36.4 Å². The molecule has 2 atom stereocenters. The fraction of sp³-hybridized carbons (Fsp3) is 0.207. The number of rotatable bonds is 7. The Balaban J connectivity index is 1.62. The molecule has 3 aliphatic rings. The van der Waals surface area contributed by atoms with E-state index >= 15 is 0 Å². The molecule has 8 nitrogen and oxygen atoms in total. The molecule has 0 spiro atoms. The minimum absolute atomic E-state index is 0.217. The molecule has 0 radical (unpaired) electrons. The van der Waals surface area contributed by atoms with E-state index in [1.807, 2.05) is 48.5 Å². The van der Waals surface area contributed by atoms with Gasteiger partial charge in [0, 0.05) is 23.8 Å². The quantitative estimate of drug-likeness (QED) is 0.547. The summed E-state index contributed by atoms with van der Waals surface area (Å²) < 4.78 is 5.26. The number of hydrazone groups is 1. The topological polar surface area (TPSA) is 109 Å². The Morgan fingerprint density at radius 2 is 1.82 bits per heavy atom. The lowest BCUT2D eigenvalue weighted by Gasteiger charge is -2.27. The van der Waals surface area contributed by atoms with Crippen LogP contribution in [0, 0.1) is 5.92 Å². The molecule has 2 heterocycles. The van der Waals surface area contributed by atoms with E-state index in [0.717, 1.165) is 16.7 Å². The van der Waals surface area contributed by atoms with E-state index in [1.165, 1.54) is 5.01 Å². The van der Waals surface area contributed by atoms with Crippen molar-refractivity contribution in [2.24, 2.45) is 16.0 Å². The number of carbonyl (C=O) groups excluding carboxylic acids is 2. The second-order valence-corrected chi connectivity index (χ2v) is 9.47. The number of carboxylic acid groups (broad SMARTS) is 1. The maximum Gasteiger partial charge on any atom is 0.303 e. The van der Waals surface area contributed by atoms with Crippen molar-refractivity contribution < 1.29 is 24.2 Å². The van der Waals surface area contributed by atoms with Gasteiger partial charge < -0.3 is 9.84 Å². The molecule has 2 amide bonds. The van der Waals surface area contributed by atoms with Crippen molar-refractivity contribution in [3.05, 3.63) is 94.6 Å². The van der Waals surface area contributed by atoms with E-state index in [0.29, 0.717) is 27.8 Å². The Morgan fingerprint density at radius 3 is 2.50 bits per heavy atom. The molecular weight excluding hydrogens is 506 g/mol. The first kappa shape index (κ1) is 25.4. The van der Waals surface area contributed by atoms with Crippen LogP contribution in [0.15, 0.2) is 93.5 Å². The molecule has 2 aromatic rings. The SMILES string of the molecule is COc1ccc(C2CC(C3=C(c4ccccc4)C4C=C(Cl)C=CC4=NC3=O)=NN2C(=O)CCC(=O)O)cc1. The maximum absolute atomic E-state index is 13.5. The second kappa shape index (κ2) is 10.6. The van der Waals surface area contributed by atoms with Crippen molar-refractivity contribution >= 4 is 46.4 Å². The first-order chi connectivity index (χ1) is 18.4. The van der Waals surface area contributed by atoms with Gasteiger partial charge in [-0.2, -0.15) is 5.10 Å². The number of aliphatic imine (C=N–C) groups is 1. The van der Waals surface area contributed by atoms with E-state index in [4.69, 9.17) is 21.4 Å². The van der Waals surface area contributed by atoms with Crippen LogP contribution in [0.25, 0.3) is 5.57 Å². The van der Waals surface area contributed by atoms with Crippen LogP contribution in [0.3, 0.4) is 0 Å². The molecule has 2 unspecified atom stereocenters. The lowest BCUT2D eigenvalue weighted by molar-refractivity contribution is -0.141. The van der Waals surface area contributed by atoms with Crippen LogP contribution in [-0.2, 0) is 14.4 Å². The Kier molecular flexibility index (Phi) is 7.07. The molecule has 0 bridgehead atoms. The minimum atomic E-state index is -1.07. The number of halogens is 1. The highest BCUT2D eigenvalue weighted by Gasteiger charge is 2.40. The average molecular weight is 530 g/mol. The second-order valence-electron chi connectivity index (χ2n) is 9.03. The summed E-state index contributed by atoms with van der Waals surface area (Å²) >= 11 is 6.36. The van der Waals surface area contributed by atoms with Gasteiger partial charge in [0.25, 0.3) is 5.91 Å². The van der Waals surface area contributed by atoms with Crippen LogP contribution < -0.4 is 4.74 Å². The summed E-state index contributed by atoms with van der Waals surface area (Å²) in [5.74, 6) is -1.67. The Morgan fingerprint density at radius 1 is 1.08 bits per heavy atom. The summed E-state index contributed by atoms with van der Waals surface area (Å²) in [6.45, 7) is 0. The van der Waals surface area contributed by atoms with E-state index < -0.39 is 23.8 Å². The molecule has 38 heavy (non-hydrogen) atoms. The number of hydrogen-bond donors (Lipinski definition) is 1. The summed E-state index contributed by atoms with van der Waals surface area (Å²) in [7, 11) is 1.57. The molecule has 0 saturated heterocycles. The van der Waals surface area contributed by atoms with Crippen LogP contribution >= 0.6 is 11.6 Å². The lowest BCUT2D eigenvalue weighted by atomic mass is 9.79. The number of carboxylic acids is 1. The molecule has 0 fully saturated rings. The van der Waals surface area contributed by atoms with E-state index in [-0.39, 0.29) is 25.2 Å². The van der Waals surface area contributed by atoms with Crippen LogP contribution in [0.2, 0.25) is 0 Å². The van der Waals surface area contributed by atoms with Gasteiger partial charge in [0.15, 0.2) is 0 Å². The Hall–Kier alpha value is -4.30. The summed E-state index contributed by atoms with van der Waals surface area (Å²) in [6, 6.07) is 16.2. The first-order valence-electron chi connectivity index (χ1n) is 12.1. The summed E-state index contributed by atoms with van der Waals surface area (Å²) in [6.07, 6.45) is 5.01. The number of allylic oxidation sites excluding steroid dienone is 5. The standard InChI is InChI=1S/C29H24ClN3O5/c1-38-20-10-7-17(8-11-20)24-16-23(32-33(24)25(34)13-14-26(35)36)28-27(18-5-3-2-4-6-18)21-15-19(30)9-12-22(21)31-29(28)37/h2-12,15,21,24H,13-14,16H2,1H3,(H,35,36). The van der Waals surface area contributed by atoms with Gasteiger partial charge in [-0.05, 0) is 41.0 Å². The monoisotopic (exact) mass is 529 g/mol. The van der Waals surface area contributed by atoms with E-state index in [1.54, 1.807) is 31.4 Å². The molecular formula is C29H24ClN3O5. The predicted octanol–water partition coefficient (Wildman–Crippen LogP) is 4.93. The van der Waals surface area contributed by atoms with E-state index in [2.05, 4.69) is 10.1 Å². The van der Waals surface area contributed by atoms with Crippen molar-refractivity contribution in [1.82, 2.24) is 5.01 Å². The van der Waals surface area contributed by atoms with Gasteiger partial charge in [-0.1, -0.05) is 60.1 Å². The van der Waals surface area contributed by atoms with Gasteiger partial charge in [0.2, 0.25) is 5.91 Å². The van der Waals surface area contributed by atoms with Gasteiger partial charge in [-0.3, -0.25) is 14.4 Å². The highest BCUT2D eigenvalue weighted by molar-refractivity contribution is 6.36. The number of fused-ring (bicyclic) bond motifs is 1. The zero-order chi connectivity index (χ0) is 26.8. The normalized spacial score (nSPS) is 20.5. The average Bonchev–Trinajstić information content (AvgIpc) is 3.37. The third-order valence-corrected chi connectivity index (χ3v) is 6.93. The van der Waals surface area contributed by atoms with Crippen LogP contribution in [0.4, 0.5) is 0 Å². The smallest absolute Gasteiger partial charge is 0.303 e. The number of nitrogens with zero attached hydrogens (tertiary/aromatic N) is 3. The van der Waals surface area contributed by atoms with Crippen LogP contribution in [0.5, 0.6) is 5.75 Å². The van der Waals surface area contributed by atoms with Gasteiger partial charge >= 0.3 is 5.97 Å². The fourth-order valence-corrected chi connectivity index (χ4v) is 5.07. The number of dihydropyridines is 1. The summed E-state index contributed by atoms with van der Waals surface area (Å²) in [4.78, 5) is 42.2. The molecule has 1 aliphatic carbocycles. The largest absolute Gasteiger partial charge is 0.497 e. The number of aliphatic carboxylic acids is 1. The highest BCUT2D eigenvalue weighted by Crippen LogP contribution is 2.41. The summed E-state index contributed by atoms with van der Waals surface area (Å²) in [5.41, 5.74) is 3.65. The van der Waals surface area contributed by atoms with Crippen LogP contribution in [-0.4, -0.2) is 46.4 Å². The highest BCUT2D eigenvalue weighted by atomic mass is 35.5.